The number of ether oxygens (including phenoxy) is 2. The van der Waals surface area contributed by atoms with Gasteiger partial charge in [0.25, 0.3) is 0 Å². The minimum absolute atomic E-state index is 0.265. The molecule has 0 fully saturated rings. The minimum atomic E-state index is 0.265. The molecule has 0 spiro atoms. The number of rotatable bonds is 4. The van der Waals surface area contributed by atoms with Crippen molar-refractivity contribution in [2.24, 2.45) is 0 Å². The molecular weight excluding hydrogens is 372 g/mol. The van der Waals surface area contributed by atoms with Gasteiger partial charge in [-0.25, -0.2) is 0 Å². The summed E-state index contributed by atoms with van der Waals surface area (Å²) in [4.78, 5) is 0.265. The Morgan fingerprint density at radius 1 is 0.947 bits per heavy atom. The normalized spacial score (nSPS) is 12.0. The van der Waals surface area contributed by atoms with Gasteiger partial charge in [-0.15, -0.1) is 0 Å². The zero-order chi connectivity index (χ0) is 13.8. The summed E-state index contributed by atoms with van der Waals surface area (Å²) in [5.74, 6) is 2.42. The number of alkyl halides is 1. The van der Waals surface area contributed by atoms with Crippen LogP contribution >= 0.6 is 31.9 Å². The van der Waals surface area contributed by atoms with Crippen molar-refractivity contribution in [1.29, 1.82) is 0 Å². The lowest BCUT2D eigenvalue weighted by molar-refractivity contribution is 0.413. The average Bonchev–Trinajstić information content (AvgIpc) is 2.41. The van der Waals surface area contributed by atoms with Crippen LogP contribution in [0.4, 0.5) is 0 Å². The summed E-state index contributed by atoms with van der Waals surface area (Å²) in [6.45, 7) is 2.08. The van der Waals surface area contributed by atoms with Gasteiger partial charge in [0.2, 0.25) is 0 Å². The molecule has 0 saturated carbocycles. The lowest BCUT2D eigenvalue weighted by atomic mass is 10.1. The van der Waals surface area contributed by atoms with Crippen molar-refractivity contribution in [2.75, 3.05) is 7.11 Å². The van der Waals surface area contributed by atoms with E-state index in [0.29, 0.717) is 0 Å². The number of hydrogen-bond acceptors (Lipinski definition) is 2. The number of halogens is 2. The van der Waals surface area contributed by atoms with Crippen LogP contribution in [0.1, 0.15) is 17.3 Å². The van der Waals surface area contributed by atoms with E-state index in [2.05, 4.69) is 38.8 Å². The highest BCUT2D eigenvalue weighted by Gasteiger charge is 2.08. The van der Waals surface area contributed by atoms with Crippen LogP contribution in [0.25, 0.3) is 0 Å². The van der Waals surface area contributed by atoms with Crippen LogP contribution in [0.3, 0.4) is 0 Å². The van der Waals surface area contributed by atoms with Crippen molar-refractivity contribution in [3.8, 4) is 17.2 Å². The molecule has 4 heteroatoms. The van der Waals surface area contributed by atoms with Gasteiger partial charge in [-0.3, -0.25) is 0 Å². The molecule has 0 aromatic heterocycles. The molecule has 2 aromatic carbocycles. The van der Waals surface area contributed by atoms with Gasteiger partial charge in [0.05, 0.1) is 7.11 Å². The predicted molar refractivity (Wildman–Crippen MR) is 84.6 cm³/mol. The Hall–Kier alpha value is -1.000. The van der Waals surface area contributed by atoms with Gasteiger partial charge in [-0.1, -0.05) is 31.9 Å². The molecule has 0 saturated heterocycles. The zero-order valence-electron chi connectivity index (χ0n) is 10.7. The Morgan fingerprint density at radius 3 is 2.11 bits per heavy atom. The standard InChI is InChI=1S/C15H14Br2O2/c1-10(16)14-9-13(7-8-15(14)17)19-12-5-3-11(18-2)4-6-12/h3-10H,1-2H3. The Kier molecular flexibility index (Phi) is 4.88. The molecule has 100 valence electrons. The highest BCUT2D eigenvalue weighted by molar-refractivity contribution is 9.11. The molecule has 1 unspecified atom stereocenters. The summed E-state index contributed by atoms with van der Waals surface area (Å²) in [6, 6.07) is 13.5. The molecule has 0 radical (unpaired) electrons. The van der Waals surface area contributed by atoms with Crippen molar-refractivity contribution in [2.45, 2.75) is 11.8 Å². The first-order valence-corrected chi connectivity index (χ1v) is 7.56. The maximum atomic E-state index is 5.83. The molecule has 0 heterocycles. The summed E-state index contributed by atoms with van der Waals surface area (Å²) in [7, 11) is 1.65. The molecule has 1 atom stereocenters. The van der Waals surface area contributed by atoms with Crippen molar-refractivity contribution in [1.82, 2.24) is 0 Å². The van der Waals surface area contributed by atoms with Gasteiger partial charge in [0, 0.05) is 9.30 Å². The van der Waals surface area contributed by atoms with E-state index in [1.54, 1.807) is 7.11 Å². The van der Waals surface area contributed by atoms with Gasteiger partial charge in [0.15, 0.2) is 0 Å². The monoisotopic (exact) mass is 384 g/mol. The van der Waals surface area contributed by atoms with Gasteiger partial charge in [0.1, 0.15) is 17.2 Å². The zero-order valence-corrected chi connectivity index (χ0v) is 13.9. The summed E-state index contributed by atoms with van der Waals surface area (Å²) < 4.78 is 12.0. The Balaban J connectivity index is 2.20. The maximum absolute atomic E-state index is 5.83. The molecule has 0 aliphatic heterocycles. The van der Waals surface area contributed by atoms with Gasteiger partial charge in [-0.05, 0) is 55.0 Å². The Bertz CT molecular complexity index is 551. The van der Waals surface area contributed by atoms with Crippen LogP contribution in [0.5, 0.6) is 17.2 Å². The molecule has 19 heavy (non-hydrogen) atoms. The van der Waals surface area contributed by atoms with Crippen molar-refractivity contribution >= 4 is 31.9 Å². The molecule has 0 N–H and O–H groups in total. The molecule has 2 rings (SSSR count). The Labute approximate surface area is 130 Å². The SMILES string of the molecule is COc1ccc(Oc2ccc(Br)c(C(C)Br)c2)cc1. The lowest BCUT2D eigenvalue weighted by Gasteiger charge is -2.11. The van der Waals surface area contributed by atoms with Gasteiger partial charge < -0.3 is 9.47 Å². The molecule has 0 bridgehead atoms. The van der Waals surface area contributed by atoms with Crippen LogP contribution in [-0.4, -0.2) is 7.11 Å². The topological polar surface area (TPSA) is 18.5 Å². The van der Waals surface area contributed by atoms with E-state index in [-0.39, 0.29) is 4.83 Å². The number of methoxy groups -OCH3 is 1. The first kappa shape index (κ1) is 14.4. The fourth-order valence-electron chi connectivity index (χ4n) is 1.67. The minimum Gasteiger partial charge on any atom is -0.497 e. The second-order valence-corrected chi connectivity index (χ2v) is 6.30. The predicted octanol–water partition coefficient (Wildman–Crippen LogP) is 5.71. The highest BCUT2D eigenvalue weighted by Crippen LogP contribution is 2.33. The molecule has 0 amide bonds. The largest absolute Gasteiger partial charge is 0.497 e. The Morgan fingerprint density at radius 2 is 1.53 bits per heavy atom. The number of hydrogen-bond donors (Lipinski definition) is 0. The fourth-order valence-corrected chi connectivity index (χ4v) is 2.95. The van der Waals surface area contributed by atoms with Crippen LogP contribution in [0.2, 0.25) is 0 Å². The first-order valence-electron chi connectivity index (χ1n) is 5.85. The second kappa shape index (κ2) is 6.44. The van der Waals surface area contributed by atoms with E-state index in [1.807, 2.05) is 42.5 Å². The molecular formula is C15H14Br2O2. The van der Waals surface area contributed by atoms with E-state index in [4.69, 9.17) is 9.47 Å². The van der Waals surface area contributed by atoms with Crippen LogP contribution < -0.4 is 9.47 Å². The summed E-state index contributed by atoms with van der Waals surface area (Å²) >= 11 is 7.10. The van der Waals surface area contributed by atoms with Crippen molar-refractivity contribution < 1.29 is 9.47 Å². The number of benzene rings is 2. The van der Waals surface area contributed by atoms with E-state index in [1.165, 1.54) is 0 Å². The van der Waals surface area contributed by atoms with E-state index >= 15 is 0 Å². The molecule has 0 aliphatic carbocycles. The van der Waals surface area contributed by atoms with Gasteiger partial charge in [-0.2, -0.15) is 0 Å². The maximum Gasteiger partial charge on any atom is 0.127 e. The average molecular weight is 386 g/mol. The second-order valence-electron chi connectivity index (χ2n) is 4.08. The molecule has 2 nitrogen and oxygen atoms in total. The smallest absolute Gasteiger partial charge is 0.127 e. The quantitative estimate of drug-likeness (QED) is 0.628. The first-order chi connectivity index (χ1) is 9.10. The van der Waals surface area contributed by atoms with E-state index < -0.39 is 0 Å². The van der Waals surface area contributed by atoms with Crippen LogP contribution in [0, 0.1) is 0 Å². The van der Waals surface area contributed by atoms with E-state index in [0.717, 1.165) is 27.3 Å². The van der Waals surface area contributed by atoms with E-state index in [9.17, 15) is 0 Å². The molecule has 2 aromatic rings. The fraction of sp³-hybridized carbons (Fsp3) is 0.200. The highest BCUT2D eigenvalue weighted by atomic mass is 79.9. The third-order valence-corrected chi connectivity index (χ3v) is 3.91. The summed E-state index contributed by atoms with van der Waals surface area (Å²) in [6.07, 6.45) is 0. The van der Waals surface area contributed by atoms with Crippen molar-refractivity contribution in [3.05, 3.63) is 52.5 Å². The van der Waals surface area contributed by atoms with Gasteiger partial charge >= 0.3 is 0 Å². The van der Waals surface area contributed by atoms with Crippen LogP contribution in [-0.2, 0) is 0 Å². The summed E-state index contributed by atoms with van der Waals surface area (Å²) in [5.41, 5.74) is 1.16. The van der Waals surface area contributed by atoms with Crippen LogP contribution in [0.15, 0.2) is 46.9 Å². The third-order valence-electron chi connectivity index (χ3n) is 2.69. The van der Waals surface area contributed by atoms with Crippen molar-refractivity contribution in [3.63, 3.8) is 0 Å². The summed E-state index contributed by atoms with van der Waals surface area (Å²) in [5, 5.41) is 0. The lowest BCUT2D eigenvalue weighted by Crippen LogP contribution is -1.90. The molecule has 0 aliphatic rings. The third kappa shape index (κ3) is 3.74.